The van der Waals surface area contributed by atoms with Gasteiger partial charge in [0.2, 0.25) is 5.76 Å². The normalized spacial score (nSPS) is 12.0. The van der Waals surface area contributed by atoms with Crippen molar-refractivity contribution in [3.05, 3.63) is 11.5 Å². The van der Waals surface area contributed by atoms with Gasteiger partial charge in [-0.1, -0.05) is 0 Å². The first-order valence-electron chi connectivity index (χ1n) is 6.19. The Morgan fingerprint density at radius 3 is 2.32 bits per heavy atom. The Balaban J connectivity index is 3.03. The van der Waals surface area contributed by atoms with E-state index in [0.29, 0.717) is 0 Å². The molecule has 0 fully saturated rings. The summed E-state index contributed by atoms with van der Waals surface area (Å²) in [6.45, 7) is 5.96. The third kappa shape index (κ3) is 4.93. The molecule has 0 spiro atoms. The molecule has 1 amide bonds. The Labute approximate surface area is 123 Å². The van der Waals surface area contributed by atoms with Crippen LogP contribution in [0.4, 0.5) is 24.0 Å². The van der Waals surface area contributed by atoms with E-state index in [1.54, 1.807) is 20.8 Å². The molecule has 0 saturated heterocycles. The number of nitrogens with zero attached hydrogens (tertiary/aromatic N) is 1. The molecule has 0 saturated carbocycles. The molecule has 0 radical (unpaired) electrons. The highest BCUT2D eigenvalue weighted by Crippen LogP contribution is 2.33. The molecule has 0 bridgehead atoms. The van der Waals surface area contributed by atoms with Crippen LogP contribution in [0.2, 0.25) is 0 Å². The monoisotopic (exact) mass is 324 g/mol. The van der Waals surface area contributed by atoms with Crippen LogP contribution in [0.5, 0.6) is 0 Å². The molecule has 0 atom stereocenters. The van der Waals surface area contributed by atoms with Crippen molar-refractivity contribution in [2.75, 3.05) is 11.9 Å². The molecule has 1 heterocycles. The van der Waals surface area contributed by atoms with Crippen molar-refractivity contribution in [1.82, 2.24) is 4.98 Å². The van der Waals surface area contributed by atoms with Crippen LogP contribution >= 0.6 is 0 Å². The fourth-order valence-electron chi connectivity index (χ4n) is 1.29. The molecule has 0 aromatic carbocycles. The van der Waals surface area contributed by atoms with Crippen LogP contribution in [0.25, 0.3) is 0 Å². The SMILES string of the molecule is CCOC(=O)c1oc(NC(=O)OC(C)(C)C)nc1C(F)(F)F. The summed E-state index contributed by atoms with van der Waals surface area (Å²) in [7, 11) is 0. The van der Waals surface area contributed by atoms with Gasteiger partial charge in [-0.05, 0) is 27.7 Å². The van der Waals surface area contributed by atoms with Crippen molar-refractivity contribution < 1.29 is 36.7 Å². The number of amides is 1. The van der Waals surface area contributed by atoms with Gasteiger partial charge in [-0.2, -0.15) is 18.2 Å². The Morgan fingerprint density at radius 1 is 1.27 bits per heavy atom. The van der Waals surface area contributed by atoms with Gasteiger partial charge >= 0.3 is 24.3 Å². The third-order valence-electron chi connectivity index (χ3n) is 1.96. The van der Waals surface area contributed by atoms with Crippen LogP contribution in [-0.2, 0) is 15.7 Å². The summed E-state index contributed by atoms with van der Waals surface area (Å²) < 4.78 is 52.3. The second kappa shape index (κ2) is 6.24. The Bertz CT molecular complexity index is 560. The number of carbonyl (C=O) groups excluding carboxylic acids is 2. The van der Waals surface area contributed by atoms with Crippen LogP contribution in [0.3, 0.4) is 0 Å². The Hall–Kier alpha value is -2.26. The number of oxazole rings is 1. The summed E-state index contributed by atoms with van der Waals surface area (Å²) in [5, 5.41) is 1.88. The van der Waals surface area contributed by atoms with E-state index in [2.05, 4.69) is 14.1 Å². The first-order valence-corrected chi connectivity index (χ1v) is 6.19. The van der Waals surface area contributed by atoms with E-state index < -0.39 is 41.3 Å². The number of aromatic nitrogens is 1. The first kappa shape index (κ1) is 17.8. The maximum absolute atomic E-state index is 12.8. The maximum Gasteiger partial charge on any atom is 0.437 e. The zero-order valence-electron chi connectivity index (χ0n) is 12.3. The van der Waals surface area contributed by atoms with Gasteiger partial charge in [0, 0.05) is 0 Å². The quantitative estimate of drug-likeness (QED) is 0.859. The smallest absolute Gasteiger partial charge is 0.437 e. The van der Waals surface area contributed by atoms with Crippen LogP contribution in [0, 0.1) is 0 Å². The van der Waals surface area contributed by atoms with Crippen molar-refractivity contribution >= 4 is 18.1 Å². The number of halogens is 3. The number of ether oxygens (including phenoxy) is 2. The fraction of sp³-hybridized carbons (Fsp3) is 0.583. The molecule has 0 unspecified atom stereocenters. The van der Waals surface area contributed by atoms with E-state index in [4.69, 9.17) is 4.74 Å². The van der Waals surface area contributed by atoms with Crippen molar-refractivity contribution in [3.63, 3.8) is 0 Å². The minimum atomic E-state index is -4.94. The standard InChI is InChI=1S/C12H15F3N2O5/c1-5-20-8(18)6-7(12(13,14)15)16-9(21-6)17-10(19)22-11(2,3)4/h5H2,1-4H3,(H,16,17,19). The third-order valence-corrected chi connectivity index (χ3v) is 1.96. The van der Waals surface area contributed by atoms with Crippen LogP contribution < -0.4 is 5.32 Å². The lowest BCUT2D eigenvalue weighted by molar-refractivity contribution is -0.141. The van der Waals surface area contributed by atoms with Gasteiger partial charge in [0.25, 0.3) is 0 Å². The van der Waals surface area contributed by atoms with Gasteiger partial charge in [0.1, 0.15) is 5.60 Å². The van der Waals surface area contributed by atoms with E-state index in [9.17, 15) is 22.8 Å². The average Bonchev–Trinajstić information content (AvgIpc) is 2.70. The zero-order chi connectivity index (χ0) is 17.1. The number of alkyl halides is 3. The van der Waals surface area contributed by atoms with Crippen LogP contribution in [0.15, 0.2) is 4.42 Å². The molecule has 10 heteroatoms. The Morgan fingerprint density at radius 2 is 1.86 bits per heavy atom. The summed E-state index contributed by atoms with van der Waals surface area (Å²) in [6.07, 6.45) is -6.02. The highest BCUT2D eigenvalue weighted by atomic mass is 19.4. The molecule has 1 rings (SSSR count). The first-order chi connectivity index (χ1) is 9.94. The summed E-state index contributed by atoms with van der Waals surface area (Å²) in [6, 6.07) is -0.815. The van der Waals surface area contributed by atoms with Gasteiger partial charge in [0.05, 0.1) is 6.61 Å². The van der Waals surface area contributed by atoms with Gasteiger partial charge in [-0.15, -0.1) is 0 Å². The minimum absolute atomic E-state index is 0.147. The summed E-state index contributed by atoms with van der Waals surface area (Å²) in [5.74, 6) is -2.47. The van der Waals surface area contributed by atoms with Crippen LogP contribution in [-0.4, -0.2) is 29.3 Å². The van der Waals surface area contributed by atoms with Gasteiger partial charge < -0.3 is 13.9 Å². The number of carbonyl (C=O) groups is 2. The predicted octanol–water partition coefficient (Wildman–Crippen LogP) is 3.22. The van der Waals surface area contributed by atoms with Crippen molar-refractivity contribution in [3.8, 4) is 0 Å². The molecule has 1 N–H and O–H groups in total. The number of nitrogens with one attached hydrogen (secondary N) is 1. The maximum atomic E-state index is 12.8. The van der Waals surface area contributed by atoms with Crippen LogP contribution in [0.1, 0.15) is 43.9 Å². The topological polar surface area (TPSA) is 90.7 Å². The van der Waals surface area contributed by atoms with E-state index in [-0.39, 0.29) is 6.61 Å². The van der Waals surface area contributed by atoms with Crippen molar-refractivity contribution in [2.45, 2.75) is 39.5 Å². The van der Waals surface area contributed by atoms with Crippen molar-refractivity contribution in [1.29, 1.82) is 0 Å². The molecule has 7 nitrogen and oxygen atoms in total. The fourth-order valence-corrected chi connectivity index (χ4v) is 1.29. The van der Waals surface area contributed by atoms with Gasteiger partial charge in [-0.25, -0.2) is 14.9 Å². The summed E-state index contributed by atoms with van der Waals surface area (Å²) in [4.78, 5) is 26.0. The van der Waals surface area contributed by atoms with E-state index in [1.165, 1.54) is 6.92 Å². The largest absolute Gasteiger partial charge is 0.460 e. The average molecular weight is 324 g/mol. The lowest BCUT2D eigenvalue weighted by atomic mass is 10.2. The molecule has 1 aromatic heterocycles. The number of hydrogen-bond acceptors (Lipinski definition) is 6. The molecular formula is C12H15F3N2O5. The highest BCUT2D eigenvalue weighted by Gasteiger charge is 2.42. The number of anilines is 1. The van der Waals surface area contributed by atoms with Gasteiger partial charge in [-0.3, -0.25) is 0 Å². The summed E-state index contributed by atoms with van der Waals surface area (Å²) in [5.41, 5.74) is -2.45. The lowest BCUT2D eigenvalue weighted by Gasteiger charge is -2.18. The molecular weight excluding hydrogens is 309 g/mol. The minimum Gasteiger partial charge on any atom is -0.460 e. The molecule has 0 aliphatic heterocycles. The number of rotatable bonds is 3. The molecule has 0 aliphatic carbocycles. The number of hydrogen-bond donors (Lipinski definition) is 1. The summed E-state index contributed by atoms with van der Waals surface area (Å²) >= 11 is 0. The predicted molar refractivity (Wildman–Crippen MR) is 67.3 cm³/mol. The highest BCUT2D eigenvalue weighted by molar-refractivity contribution is 5.89. The zero-order valence-corrected chi connectivity index (χ0v) is 12.3. The molecule has 0 aliphatic rings. The number of esters is 1. The van der Waals surface area contributed by atoms with Gasteiger partial charge in [0.15, 0.2) is 5.69 Å². The van der Waals surface area contributed by atoms with E-state index in [0.717, 1.165) is 0 Å². The lowest BCUT2D eigenvalue weighted by Crippen LogP contribution is -2.27. The van der Waals surface area contributed by atoms with Crippen molar-refractivity contribution in [2.24, 2.45) is 0 Å². The van der Waals surface area contributed by atoms with E-state index in [1.807, 2.05) is 5.32 Å². The second-order valence-electron chi connectivity index (χ2n) is 5.04. The molecule has 124 valence electrons. The molecule has 22 heavy (non-hydrogen) atoms. The second-order valence-corrected chi connectivity index (χ2v) is 5.04. The van der Waals surface area contributed by atoms with E-state index >= 15 is 0 Å². The Kier molecular flexibility index (Phi) is 5.05. The molecule has 1 aromatic rings.